The number of likely N-dealkylation sites (tertiary alicyclic amines) is 1. The van der Waals surface area contributed by atoms with Crippen LogP contribution < -0.4 is 5.32 Å². The van der Waals surface area contributed by atoms with Crippen molar-refractivity contribution in [2.24, 2.45) is 5.92 Å². The Bertz CT molecular complexity index is 489. The third-order valence-electron chi connectivity index (χ3n) is 3.36. The Balaban J connectivity index is 1.84. The van der Waals surface area contributed by atoms with Crippen LogP contribution in [-0.2, 0) is 4.79 Å². The van der Waals surface area contributed by atoms with Gasteiger partial charge in [0.2, 0.25) is 5.91 Å². The second kappa shape index (κ2) is 6.44. The van der Waals surface area contributed by atoms with Gasteiger partial charge in [0.15, 0.2) is 0 Å². The van der Waals surface area contributed by atoms with E-state index in [1.165, 1.54) is 24.3 Å². The molecule has 20 heavy (non-hydrogen) atoms. The fourth-order valence-corrected chi connectivity index (χ4v) is 2.28. The normalized spacial score (nSPS) is 18.9. The van der Waals surface area contributed by atoms with Crippen LogP contribution >= 0.6 is 0 Å². The summed E-state index contributed by atoms with van der Waals surface area (Å²) in [5.74, 6) is 0.0969. The van der Waals surface area contributed by atoms with Crippen LogP contribution in [0.3, 0.4) is 0 Å². The molecule has 2 rings (SSSR count). The molecule has 0 spiro atoms. The molecule has 0 aromatic heterocycles. The summed E-state index contributed by atoms with van der Waals surface area (Å²) < 4.78 is 0. The molecule has 1 amide bonds. The van der Waals surface area contributed by atoms with E-state index in [-0.39, 0.29) is 30.7 Å². The summed E-state index contributed by atoms with van der Waals surface area (Å²) >= 11 is 0. The number of nitro benzene ring substituents is 1. The van der Waals surface area contributed by atoms with Crippen LogP contribution in [0.4, 0.5) is 11.4 Å². The van der Waals surface area contributed by atoms with Crippen LogP contribution in [0.1, 0.15) is 6.42 Å². The lowest BCUT2D eigenvalue weighted by Crippen LogP contribution is -2.31. The molecule has 1 fully saturated rings. The highest BCUT2D eigenvalue weighted by Gasteiger charge is 2.23. The zero-order valence-electron chi connectivity index (χ0n) is 11.0. The second-order valence-corrected chi connectivity index (χ2v) is 4.92. The van der Waals surface area contributed by atoms with E-state index >= 15 is 0 Å². The molecular formula is C13H17N3O4. The highest BCUT2D eigenvalue weighted by Crippen LogP contribution is 2.17. The fourth-order valence-electron chi connectivity index (χ4n) is 2.28. The zero-order valence-corrected chi connectivity index (χ0v) is 11.0. The van der Waals surface area contributed by atoms with E-state index in [1.54, 1.807) is 0 Å². The van der Waals surface area contributed by atoms with Crippen molar-refractivity contribution in [1.29, 1.82) is 0 Å². The van der Waals surface area contributed by atoms with E-state index in [9.17, 15) is 14.9 Å². The first kappa shape index (κ1) is 14.4. The zero-order chi connectivity index (χ0) is 14.5. The molecule has 2 N–H and O–H groups in total. The molecule has 1 unspecified atom stereocenters. The molecule has 1 aliphatic rings. The van der Waals surface area contributed by atoms with Gasteiger partial charge in [0.1, 0.15) is 0 Å². The molecule has 0 radical (unpaired) electrons. The highest BCUT2D eigenvalue weighted by molar-refractivity contribution is 5.92. The average molecular weight is 279 g/mol. The molecule has 1 saturated heterocycles. The third kappa shape index (κ3) is 3.75. The molecule has 7 nitrogen and oxygen atoms in total. The van der Waals surface area contributed by atoms with E-state index in [2.05, 4.69) is 5.32 Å². The minimum atomic E-state index is -0.481. The van der Waals surface area contributed by atoms with Crippen LogP contribution in [0.2, 0.25) is 0 Å². The van der Waals surface area contributed by atoms with Crippen LogP contribution in [-0.4, -0.2) is 47.1 Å². The molecule has 1 aromatic carbocycles. The van der Waals surface area contributed by atoms with Crippen LogP contribution in [0.25, 0.3) is 0 Å². The number of hydrogen-bond acceptors (Lipinski definition) is 5. The number of nitrogens with one attached hydrogen (secondary N) is 1. The summed E-state index contributed by atoms with van der Waals surface area (Å²) in [6, 6.07) is 5.73. The van der Waals surface area contributed by atoms with Gasteiger partial charge in [-0.2, -0.15) is 0 Å². The van der Waals surface area contributed by atoms with Crippen molar-refractivity contribution in [2.75, 3.05) is 31.6 Å². The van der Waals surface area contributed by atoms with Gasteiger partial charge in [-0.25, -0.2) is 0 Å². The average Bonchev–Trinajstić information content (AvgIpc) is 2.86. The first-order chi connectivity index (χ1) is 9.58. The van der Waals surface area contributed by atoms with E-state index in [0.717, 1.165) is 19.5 Å². The number of benzene rings is 1. The maximum atomic E-state index is 11.8. The van der Waals surface area contributed by atoms with Gasteiger partial charge < -0.3 is 10.4 Å². The lowest BCUT2D eigenvalue weighted by Gasteiger charge is -2.15. The molecule has 1 aromatic rings. The van der Waals surface area contributed by atoms with Crippen molar-refractivity contribution >= 4 is 17.3 Å². The second-order valence-electron chi connectivity index (χ2n) is 4.92. The van der Waals surface area contributed by atoms with Gasteiger partial charge in [0, 0.05) is 31.0 Å². The quantitative estimate of drug-likeness (QED) is 0.615. The van der Waals surface area contributed by atoms with Gasteiger partial charge in [-0.05, 0) is 31.0 Å². The lowest BCUT2D eigenvalue weighted by molar-refractivity contribution is -0.384. The lowest BCUT2D eigenvalue weighted by atomic mass is 10.1. The largest absolute Gasteiger partial charge is 0.396 e. The number of nitrogens with zero attached hydrogens (tertiary/aromatic N) is 2. The summed E-state index contributed by atoms with van der Waals surface area (Å²) in [4.78, 5) is 23.9. The molecule has 108 valence electrons. The molecule has 0 aliphatic carbocycles. The fraction of sp³-hybridized carbons (Fsp3) is 0.462. The number of aliphatic hydroxyl groups is 1. The van der Waals surface area contributed by atoms with Gasteiger partial charge in [-0.15, -0.1) is 0 Å². The Morgan fingerprint density at radius 2 is 2.15 bits per heavy atom. The number of aliphatic hydroxyl groups excluding tert-OH is 1. The van der Waals surface area contributed by atoms with Crippen LogP contribution in [0.5, 0.6) is 0 Å². The first-order valence-electron chi connectivity index (χ1n) is 6.46. The molecule has 0 bridgehead atoms. The summed E-state index contributed by atoms with van der Waals surface area (Å²) in [6.07, 6.45) is 0.904. The first-order valence-corrected chi connectivity index (χ1v) is 6.46. The van der Waals surface area contributed by atoms with Gasteiger partial charge >= 0.3 is 0 Å². The molecule has 1 aliphatic heterocycles. The van der Waals surface area contributed by atoms with Crippen molar-refractivity contribution < 1.29 is 14.8 Å². The summed E-state index contributed by atoms with van der Waals surface area (Å²) in [5, 5.41) is 22.3. The van der Waals surface area contributed by atoms with E-state index in [4.69, 9.17) is 5.11 Å². The molecule has 7 heteroatoms. The third-order valence-corrected chi connectivity index (χ3v) is 3.36. The number of non-ortho nitro benzene ring substituents is 1. The van der Waals surface area contributed by atoms with E-state index in [0.29, 0.717) is 5.69 Å². The maximum absolute atomic E-state index is 11.8. The van der Waals surface area contributed by atoms with Gasteiger partial charge in [-0.3, -0.25) is 19.8 Å². The Labute approximate surface area is 116 Å². The Morgan fingerprint density at radius 3 is 2.70 bits per heavy atom. The summed E-state index contributed by atoms with van der Waals surface area (Å²) in [6.45, 7) is 1.96. The minimum Gasteiger partial charge on any atom is -0.396 e. The van der Waals surface area contributed by atoms with Crippen molar-refractivity contribution in [2.45, 2.75) is 6.42 Å². The van der Waals surface area contributed by atoms with Crippen molar-refractivity contribution in [1.82, 2.24) is 4.90 Å². The van der Waals surface area contributed by atoms with Gasteiger partial charge in [0.05, 0.1) is 11.5 Å². The molecular weight excluding hydrogens is 262 g/mol. The van der Waals surface area contributed by atoms with Gasteiger partial charge in [-0.1, -0.05) is 0 Å². The standard InChI is InChI=1S/C13H17N3O4/c17-9-10-5-6-15(7-10)8-13(18)14-11-1-3-12(4-2-11)16(19)20/h1-4,10,17H,5-9H2,(H,14,18). The number of rotatable bonds is 5. The molecule has 0 saturated carbocycles. The smallest absolute Gasteiger partial charge is 0.269 e. The summed E-state index contributed by atoms with van der Waals surface area (Å²) in [5.41, 5.74) is 0.534. The number of carbonyl (C=O) groups is 1. The number of carbonyl (C=O) groups excluding carboxylic acids is 1. The monoisotopic (exact) mass is 279 g/mol. The van der Waals surface area contributed by atoms with Gasteiger partial charge in [0.25, 0.3) is 5.69 Å². The maximum Gasteiger partial charge on any atom is 0.269 e. The number of nitro groups is 1. The molecule has 1 heterocycles. The molecule has 1 atom stereocenters. The Kier molecular flexibility index (Phi) is 4.65. The van der Waals surface area contributed by atoms with E-state index < -0.39 is 4.92 Å². The van der Waals surface area contributed by atoms with Crippen molar-refractivity contribution in [3.8, 4) is 0 Å². The number of hydrogen-bond donors (Lipinski definition) is 2. The summed E-state index contributed by atoms with van der Waals surface area (Å²) in [7, 11) is 0. The topological polar surface area (TPSA) is 95.7 Å². The Hall–Kier alpha value is -1.99. The number of amides is 1. The SMILES string of the molecule is O=C(CN1CCC(CO)C1)Nc1ccc([N+](=O)[O-])cc1. The predicted octanol–water partition coefficient (Wildman–Crippen LogP) is 0.848. The van der Waals surface area contributed by atoms with Crippen LogP contribution in [0, 0.1) is 16.0 Å². The predicted molar refractivity (Wildman–Crippen MR) is 73.4 cm³/mol. The van der Waals surface area contributed by atoms with E-state index in [1.807, 2.05) is 4.90 Å². The van der Waals surface area contributed by atoms with Crippen LogP contribution in [0.15, 0.2) is 24.3 Å². The highest BCUT2D eigenvalue weighted by atomic mass is 16.6. The van der Waals surface area contributed by atoms with Crippen molar-refractivity contribution in [3.63, 3.8) is 0 Å². The Morgan fingerprint density at radius 1 is 1.45 bits per heavy atom. The number of anilines is 1. The van der Waals surface area contributed by atoms with Crippen molar-refractivity contribution in [3.05, 3.63) is 34.4 Å². The minimum absolute atomic E-state index is 0.00618.